The predicted molar refractivity (Wildman–Crippen MR) is 92.4 cm³/mol. The highest BCUT2D eigenvalue weighted by atomic mass is 32.2. The SMILES string of the molecule is O=S(=O)(c1ccc(CSc2nc3ccccc3[nH]2)o1)N1CCCC1. The quantitative estimate of drug-likeness (QED) is 0.704. The number of sulfonamides is 1. The van der Waals surface area contributed by atoms with Crippen molar-refractivity contribution in [2.24, 2.45) is 0 Å². The highest BCUT2D eigenvalue weighted by molar-refractivity contribution is 7.98. The van der Waals surface area contributed by atoms with Gasteiger partial charge in [0.25, 0.3) is 10.0 Å². The third-order valence-electron chi connectivity index (χ3n) is 4.01. The van der Waals surface area contributed by atoms with Crippen LogP contribution in [-0.4, -0.2) is 35.8 Å². The van der Waals surface area contributed by atoms with Crippen LogP contribution in [-0.2, 0) is 15.8 Å². The van der Waals surface area contributed by atoms with Crippen LogP contribution >= 0.6 is 11.8 Å². The Morgan fingerprint density at radius 1 is 1.17 bits per heavy atom. The van der Waals surface area contributed by atoms with Crippen molar-refractivity contribution >= 4 is 32.8 Å². The number of hydrogen-bond donors (Lipinski definition) is 1. The molecule has 0 spiro atoms. The molecule has 0 atom stereocenters. The zero-order valence-corrected chi connectivity index (χ0v) is 14.6. The molecule has 2 aromatic heterocycles. The Morgan fingerprint density at radius 3 is 2.75 bits per heavy atom. The van der Waals surface area contributed by atoms with Crippen LogP contribution in [0.15, 0.2) is 51.1 Å². The van der Waals surface area contributed by atoms with Gasteiger partial charge in [-0.3, -0.25) is 0 Å². The van der Waals surface area contributed by atoms with Gasteiger partial charge < -0.3 is 9.40 Å². The Labute approximate surface area is 144 Å². The molecule has 6 nitrogen and oxygen atoms in total. The second-order valence-electron chi connectivity index (χ2n) is 5.68. The van der Waals surface area contributed by atoms with Crippen molar-refractivity contribution in [2.75, 3.05) is 13.1 Å². The summed E-state index contributed by atoms with van der Waals surface area (Å²) in [4.78, 5) is 7.72. The van der Waals surface area contributed by atoms with E-state index in [1.807, 2.05) is 24.3 Å². The minimum absolute atomic E-state index is 0.0320. The van der Waals surface area contributed by atoms with Gasteiger partial charge in [-0.05, 0) is 37.1 Å². The van der Waals surface area contributed by atoms with Gasteiger partial charge in [0.05, 0.1) is 16.8 Å². The van der Waals surface area contributed by atoms with Crippen molar-refractivity contribution in [1.82, 2.24) is 14.3 Å². The van der Waals surface area contributed by atoms with Gasteiger partial charge in [0.2, 0.25) is 5.09 Å². The minimum atomic E-state index is -3.49. The van der Waals surface area contributed by atoms with Crippen molar-refractivity contribution < 1.29 is 12.8 Å². The standard InChI is InChI=1S/C16H17N3O3S2/c20-24(21,19-9-3-4-10-19)15-8-7-12(22-15)11-23-16-17-13-5-1-2-6-14(13)18-16/h1-2,5-8H,3-4,9-11H2,(H,17,18). The molecule has 1 aliphatic heterocycles. The van der Waals surface area contributed by atoms with E-state index in [0.717, 1.165) is 29.0 Å². The maximum Gasteiger partial charge on any atom is 0.276 e. The third kappa shape index (κ3) is 2.97. The number of hydrogen-bond acceptors (Lipinski definition) is 5. The fourth-order valence-corrected chi connectivity index (χ4v) is 4.99. The fraction of sp³-hybridized carbons (Fsp3) is 0.312. The number of furan rings is 1. The number of aromatic amines is 1. The summed E-state index contributed by atoms with van der Waals surface area (Å²) in [5.74, 6) is 1.15. The van der Waals surface area contributed by atoms with E-state index in [1.165, 1.54) is 16.1 Å². The Hall–Kier alpha value is -1.77. The summed E-state index contributed by atoms with van der Waals surface area (Å²) in [7, 11) is -3.49. The molecular weight excluding hydrogens is 346 g/mol. The fourth-order valence-electron chi connectivity index (χ4n) is 2.77. The number of aromatic nitrogens is 2. The van der Waals surface area contributed by atoms with E-state index in [0.29, 0.717) is 24.6 Å². The second-order valence-corrected chi connectivity index (χ2v) is 8.51. The molecule has 0 bridgehead atoms. The van der Waals surface area contributed by atoms with Crippen LogP contribution in [0.2, 0.25) is 0 Å². The molecular formula is C16H17N3O3S2. The van der Waals surface area contributed by atoms with E-state index in [4.69, 9.17) is 4.42 Å². The average molecular weight is 363 g/mol. The first-order valence-electron chi connectivity index (χ1n) is 7.79. The molecule has 0 aliphatic carbocycles. The highest BCUT2D eigenvalue weighted by Gasteiger charge is 2.29. The smallest absolute Gasteiger partial charge is 0.276 e. The largest absolute Gasteiger partial charge is 0.447 e. The molecule has 0 unspecified atom stereocenters. The molecule has 0 amide bonds. The average Bonchev–Trinajstić information content (AvgIpc) is 3.31. The number of thioether (sulfide) groups is 1. The van der Waals surface area contributed by atoms with Crippen LogP contribution in [0.3, 0.4) is 0 Å². The van der Waals surface area contributed by atoms with Crippen molar-refractivity contribution in [2.45, 2.75) is 28.8 Å². The Bertz CT molecular complexity index is 923. The zero-order chi connectivity index (χ0) is 16.6. The molecule has 0 radical (unpaired) electrons. The molecule has 4 rings (SSSR count). The monoisotopic (exact) mass is 363 g/mol. The Morgan fingerprint density at radius 2 is 1.96 bits per heavy atom. The molecule has 1 aliphatic rings. The number of imidazole rings is 1. The molecule has 3 heterocycles. The van der Waals surface area contributed by atoms with Gasteiger partial charge in [0.15, 0.2) is 5.16 Å². The lowest BCUT2D eigenvalue weighted by atomic mass is 10.3. The van der Waals surface area contributed by atoms with Gasteiger partial charge >= 0.3 is 0 Å². The molecule has 0 saturated carbocycles. The van der Waals surface area contributed by atoms with E-state index in [2.05, 4.69) is 9.97 Å². The van der Waals surface area contributed by atoms with Crippen molar-refractivity contribution in [3.8, 4) is 0 Å². The molecule has 24 heavy (non-hydrogen) atoms. The van der Waals surface area contributed by atoms with Crippen LogP contribution in [0.25, 0.3) is 11.0 Å². The summed E-state index contributed by atoms with van der Waals surface area (Å²) >= 11 is 1.49. The maximum absolute atomic E-state index is 12.4. The van der Waals surface area contributed by atoms with Gasteiger partial charge in [-0.15, -0.1) is 0 Å². The highest BCUT2D eigenvalue weighted by Crippen LogP contribution is 2.27. The predicted octanol–water partition coefficient (Wildman–Crippen LogP) is 3.23. The number of H-pyrrole nitrogens is 1. The molecule has 8 heteroatoms. The number of rotatable bonds is 5. The van der Waals surface area contributed by atoms with Crippen LogP contribution in [0.4, 0.5) is 0 Å². The summed E-state index contributed by atoms with van der Waals surface area (Å²) in [5.41, 5.74) is 1.90. The van der Waals surface area contributed by atoms with Gasteiger partial charge in [-0.1, -0.05) is 23.9 Å². The molecule has 1 fully saturated rings. The molecule has 1 aromatic carbocycles. The number of nitrogens with zero attached hydrogens (tertiary/aromatic N) is 2. The zero-order valence-electron chi connectivity index (χ0n) is 12.9. The molecule has 3 aromatic rings. The minimum Gasteiger partial charge on any atom is -0.447 e. The number of fused-ring (bicyclic) bond motifs is 1. The van der Waals surface area contributed by atoms with Gasteiger partial charge in [-0.25, -0.2) is 13.4 Å². The topological polar surface area (TPSA) is 79.2 Å². The summed E-state index contributed by atoms with van der Waals surface area (Å²) in [6.07, 6.45) is 1.82. The second kappa shape index (κ2) is 6.27. The summed E-state index contributed by atoms with van der Waals surface area (Å²) in [6.45, 7) is 1.15. The first-order chi connectivity index (χ1) is 11.6. The molecule has 1 N–H and O–H groups in total. The third-order valence-corrected chi connectivity index (χ3v) is 6.68. The first-order valence-corrected chi connectivity index (χ1v) is 10.2. The Kier molecular flexibility index (Phi) is 4.11. The lowest BCUT2D eigenvalue weighted by Crippen LogP contribution is -2.27. The van der Waals surface area contributed by atoms with Crippen molar-refractivity contribution in [1.29, 1.82) is 0 Å². The van der Waals surface area contributed by atoms with Gasteiger partial charge in [0.1, 0.15) is 5.76 Å². The lowest BCUT2D eigenvalue weighted by Gasteiger charge is -2.12. The van der Waals surface area contributed by atoms with Gasteiger partial charge in [-0.2, -0.15) is 4.31 Å². The van der Waals surface area contributed by atoms with Crippen LogP contribution in [0.1, 0.15) is 18.6 Å². The van der Waals surface area contributed by atoms with E-state index >= 15 is 0 Å². The molecule has 1 saturated heterocycles. The Balaban J connectivity index is 1.47. The number of nitrogens with one attached hydrogen (secondary N) is 1. The van der Waals surface area contributed by atoms with Crippen LogP contribution < -0.4 is 0 Å². The summed E-state index contributed by atoms with van der Waals surface area (Å²) in [5, 5.41) is 0.821. The van der Waals surface area contributed by atoms with E-state index < -0.39 is 10.0 Å². The van der Waals surface area contributed by atoms with Crippen molar-refractivity contribution in [3.05, 3.63) is 42.2 Å². The van der Waals surface area contributed by atoms with Crippen LogP contribution in [0, 0.1) is 0 Å². The lowest BCUT2D eigenvalue weighted by molar-refractivity contribution is 0.397. The van der Waals surface area contributed by atoms with E-state index in [1.54, 1.807) is 12.1 Å². The summed E-state index contributed by atoms with van der Waals surface area (Å²) in [6, 6.07) is 11.1. The molecule has 126 valence electrons. The van der Waals surface area contributed by atoms with Crippen molar-refractivity contribution in [3.63, 3.8) is 0 Å². The number of para-hydroxylation sites is 2. The van der Waals surface area contributed by atoms with E-state index in [9.17, 15) is 8.42 Å². The first kappa shape index (κ1) is 15.7. The maximum atomic E-state index is 12.4. The summed E-state index contributed by atoms with van der Waals surface area (Å²) < 4.78 is 31.9. The normalized spacial score (nSPS) is 16.2. The number of benzene rings is 1. The van der Waals surface area contributed by atoms with Crippen LogP contribution in [0.5, 0.6) is 0 Å². The van der Waals surface area contributed by atoms with E-state index in [-0.39, 0.29) is 5.09 Å². The van der Waals surface area contributed by atoms with Gasteiger partial charge in [0, 0.05) is 13.1 Å².